The molecule has 92 valence electrons. The average molecular weight is 259 g/mol. The molecule has 1 heterocycles. The molecule has 0 fully saturated rings. The van der Waals surface area contributed by atoms with Gasteiger partial charge in [-0.25, -0.2) is 0 Å². The van der Waals surface area contributed by atoms with E-state index < -0.39 is 18.0 Å². The van der Waals surface area contributed by atoms with Gasteiger partial charge in [0.2, 0.25) is 0 Å². The summed E-state index contributed by atoms with van der Waals surface area (Å²) in [5.41, 5.74) is -0.466. The van der Waals surface area contributed by atoms with Gasteiger partial charge in [0.05, 0.1) is 30.1 Å². The van der Waals surface area contributed by atoms with Crippen LogP contribution in [-0.2, 0) is 11.3 Å². The third-order valence-corrected chi connectivity index (χ3v) is 2.20. The van der Waals surface area contributed by atoms with Crippen LogP contribution in [0.15, 0.2) is 6.20 Å². The lowest BCUT2D eigenvalue weighted by Crippen LogP contribution is -2.24. The van der Waals surface area contributed by atoms with Gasteiger partial charge in [0.25, 0.3) is 0 Å². The molecule has 1 rings (SSSR count). The first-order valence-electron chi connectivity index (χ1n) is 4.33. The number of hydrogen-bond donors (Lipinski definition) is 1. The largest absolute Gasteiger partial charge is 0.420 e. The fraction of sp³-hybridized carbons (Fsp3) is 0.625. The van der Waals surface area contributed by atoms with Crippen LogP contribution in [0.1, 0.15) is 11.8 Å². The summed E-state index contributed by atoms with van der Waals surface area (Å²) in [5, 5.41) is 12.5. The maximum absolute atomic E-state index is 12.3. The fourth-order valence-electron chi connectivity index (χ4n) is 1.15. The molecule has 1 aromatic rings. The zero-order valence-corrected chi connectivity index (χ0v) is 9.09. The molecule has 0 aliphatic carbocycles. The van der Waals surface area contributed by atoms with E-state index in [2.05, 4.69) is 5.10 Å². The van der Waals surface area contributed by atoms with Gasteiger partial charge in [0.15, 0.2) is 6.10 Å². The van der Waals surface area contributed by atoms with Gasteiger partial charge in [0.1, 0.15) is 0 Å². The molecule has 16 heavy (non-hydrogen) atoms. The molecular weight excluding hydrogens is 249 g/mol. The van der Waals surface area contributed by atoms with Crippen molar-refractivity contribution in [3.05, 3.63) is 16.9 Å². The van der Waals surface area contributed by atoms with E-state index >= 15 is 0 Å². The van der Waals surface area contributed by atoms with E-state index in [-0.39, 0.29) is 18.2 Å². The first-order chi connectivity index (χ1) is 7.38. The lowest BCUT2D eigenvalue weighted by atomic mass is 10.2. The van der Waals surface area contributed by atoms with E-state index in [0.29, 0.717) is 0 Å². The zero-order chi connectivity index (χ0) is 12.3. The van der Waals surface area contributed by atoms with Crippen LogP contribution < -0.4 is 0 Å². The van der Waals surface area contributed by atoms with Crippen molar-refractivity contribution in [2.45, 2.75) is 18.8 Å². The summed E-state index contributed by atoms with van der Waals surface area (Å²) in [4.78, 5) is 0. The lowest BCUT2D eigenvalue weighted by Gasteiger charge is -2.16. The summed E-state index contributed by atoms with van der Waals surface area (Å²) in [5.74, 6) is 0. The van der Waals surface area contributed by atoms with Gasteiger partial charge in [-0.15, -0.1) is 0 Å². The summed E-state index contributed by atoms with van der Waals surface area (Å²) < 4.78 is 42.6. The van der Waals surface area contributed by atoms with Crippen molar-refractivity contribution in [2.75, 3.05) is 13.7 Å². The number of nitrogens with zero attached hydrogens (tertiary/aromatic N) is 2. The second-order valence-electron chi connectivity index (χ2n) is 3.04. The third-order valence-electron chi connectivity index (χ3n) is 1.91. The van der Waals surface area contributed by atoms with E-state index in [1.807, 2.05) is 0 Å². The minimum Gasteiger partial charge on any atom is -0.383 e. The average Bonchev–Trinajstić information content (AvgIpc) is 2.54. The van der Waals surface area contributed by atoms with E-state index in [9.17, 15) is 13.2 Å². The van der Waals surface area contributed by atoms with Crippen molar-refractivity contribution in [2.24, 2.45) is 0 Å². The molecule has 1 atom stereocenters. The molecule has 0 saturated heterocycles. The van der Waals surface area contributed by atoms with Crippen LogP contribution in [0.3, 0.4) is 0 Å². The van der Waals surface area contributed by atoms with Gasteiger partial charge in [-0.05, 0) is 0 Å². The molecule has 0 spiro atoms. The van der Waals surface area contributed by atoms with Crippen molar-refractivity contribution in [3.63, 3.8) is 0 Å². The second kappa shape index (κ2) is 5.03. The highest BCUT2D eigenvalue weighted by molar-refractivity contribution is 6.31. The van der Waals surface area contributed by atoms with Gasteiger partial charge in [-0.1, -0.05) is 11.6 Å². The smallest absolute Gasteiger partial charge is 0.383 e. The Labute approximate surface area is 94.6 Å². The number of rotatable bonds is 4. The zero-order valence-electron chi connectivity index (χ0n) is 8.33. The molecule has 0 aliphatic rings. The van der Waals surface area contributed by atoms with Gasteiger partial charge >= 0.3 is 6.18 Å². The normalized spacial score (nSPS) is 14.1. The highest BCUT2D eigenvalue weighted by Crippen LogP contribution is 2.35. The molecule has 8 heteroatoms. The van der Waals surface area contributed by atoms with Crippen LogP contribution in [0.5, 0.6) is 0 Å². The lowest BCUT2D eigenvalue weighted by molar-refractivity contribution is -0.208. The molecule has 0 saturated carbocycles. The summed E-state index contributed by atoms with van der Waals surface area (Å²) in [6, 6.07) is 0. The standard InChI is InChI=1S/C8H10ClF3N2O2/c1-16-3-2-14-6(5(9)4-13-14)7(15)8(10,11)12/h4,7,15H,2-3H2,1H3/t7-/m0/s1. The van der Waals surface area contributed by atoms with Crippen molar-refractivity contribution < 1.29 is 23.0 Å². The Kier molecular flexibility index (Phi) is 4.17. The summed E-state index contributed by atoms with van der Waals surface area (Å²) in [7, 11) is 1.41. The number of aliphatic hydroxyl groups excluding tert-OH is 1. The maximum atomic E-state index is 12.3. The Morgan fingerprint density at radius 1 is 1.62 bits per heavy atom. The van der Waals surface area contributed by atoms with Gasteiger partial charge < -0.3 is 9.84 Å². The SMILES string of the molecule is COCCn1ncc(Cl)c1[C@H](O)C(F)(F)F. The molecule has 1 aromatic heterocycles. The minimum absolute atomic E-state index is 0.0890. The van der Waals surface area contributed by atoms with Gasteiger partial charge in [-0.2, -0.15) is 18.3 Å². The molecule has 0 amide bonds. The molecule has 0 aliphatic heterocycles. The Morgan fingerprint density at radius 3 is 2.75 bits per heavy atom. The van der Waals surface area contributed by atoms with Crippen LogP contribution in [-0.4, -0.2) is 34.8 Å². The van der Waals surface area contributed by atoms with Crippen molar-refractivity contribution in [1.29, 1.82) is 0 Å². The van der Waals surface area contributed by atoms with E-state index in [4.69, 9.17) is 21.4 Å². The van der Waals surface area contributed by atoms with E-state index in [1.165, 1.54) is 7.11 Å². The number of aromatic nitrogens is 2. The molecule has 0 bridgehead atoms. The summed E-state index contributed by atoms with van der Waals surface area (Å²) in [6.45, 7) is 0.265. The predicted octanol–water partition coefficient (Wildman–Crippen LogP) is 1.78. The third kappa shape index (κ3) is 2.87. The van der Waals surface area contributed by atoms with E-state index in [0.717, 1.165) is 10.9 Å². The number of methoxy groups -OCH3 is 1. The number of aliphatic hydroxyl groups is 1. The fourth-order valence-corrected chi connectivity index (χ4v) is 1.40. The molecule has 0 aromatic carbocycles. The second-order valence-corrected chi connectivity index (χ2v) is 3.45. The molecule has 1 N–H and O–H groups in total. The van der Waals surface area contributed by atoms with Crippen molar-refractivity contribution >= 4 is 11.6 Å². The molecule has 0 radical (unpaired) electrons. The number of halogens is 4. The van der Waals surface area contributed by atoms with Crippen LogP contribution in [0.25, 0.3) is 0 Å². The van der Waals surface area contributed by atoms with Crippen molar-refractivity contribution in [1.82, 2.24) is 9.78 Å². The van der Waals surface area contributed by atoms with Crippen LogP contribution >= 0.6 is 11.6 Å². The Balaban J connectivity index is 2.97. The predicted molar refractivity (Wildman–Crippen MR) is 50.1 cm³/mol. The Morgan fingerprint density at radius 2 is 2.25 bits per heavy atom. The molecule has 0 unspecified atom stereocenters. The number of alkyl halides is 3. The quantitative estimate of drug-likeness (QED) is 0.896. The topological polar surface area (TPSA) is 47.3 Å². The highest BCUT2D eigenvalue weighted by Gasteiger charge is 2.42. The molecule has 4 nitrogen and oxygen atoms in total. The highest BCUT2D eigenvalue weighted by atomic mass is 35.5. The summed E-state index contributed by atoms with van der Waals surface area (Å²) in [6.07, 6.45) is -6.35. The van der Waals surface area contributed by atoms with Gasteiger partial charge in [0, 0.05) is 7.11 Å². The van der Waals surface area contributed by atoms with E-state index in [1.54, 1.807) is 0 Å². The molecular formula is C8H10ClF3N2O2. The maximum Gasteiger partial charge on any atom is 0.420 e. The van der Waals surface area contributed by atoms with Crippen LogP contribution in [0.4, 0.5) is 13.2 Å². The Bertz CT molecular complexity index is 354. The summed E-state index contributed by atoms with van der Waals surface area (Å²) >= 11 is 5.54. The number of hydrogen-bond acceptors (Lipinski definition) is 3. The number of ether oxygens (including phenoxy) is 1. The minimum atomic E-state index is -4.77. The van der Waals surface area contributed by atoms with Gasteiger partial charge in [-0.3, -0.25) is 4.68 Å². The van der Waals surface area contributed by atoms with Crippen molar-refractivity contribution in [3.8, 4) is 0 Å². The first kappa shape index (κ1) is 13.3. The van der Waals surface area contributed by atoms with Crippen LogP contribution in [0.2, 0.25) is 5.02 Å². The monoisotopic (exact) mass is 258 g/mol. The Hall–Kier alpha value is -0.790. The van der Waals surface area contributed by atoms with Crippen LogP contribution in [0, 0.1) is 0 Å². The first-order valence-corrected chi connectivity index (χ1v) is 4.70.